The Morgan fingerprint density at radius 1 is 1.03 bits per heavy atom. The predicted octanol–water partition coefficient (Wildman–Crippen LogP) is 6.16. The number of nitrogens with zero attached hydrogens (tertiary/aromatic N) is 2. The van der Waals surface area contributed by atoms with Crippen LogP contribution in [0.25, 0.3) is 10.2 Å². The van der Waals surface area contributed by atoms with Crippen molar-refractivity contribution in [3.8, 4) is 11.5 Å². The summed E-state index contributed by atoms with van der Waals surface area (Å²) in [5.74, 6) is 1.77. The molecule has 0 fully saturated rings. The molecule has 1 amide bonds. The highest BCUT2D eigenvalue weighted by Crippen LogP contribution is 2.35. The number of amides is 1. The van der Waals surface area contributed by atoms with Crippen LogP contribution in [-0.2, 0) is 4.79 Å². The van der Waals surface area contributed by atoms with Gasteiger partial charge in [-0.15, -0.1) is 11.8 Å². The lowest BCUT2D eigenvalue weighted by molar-refractivity contribution is -0.115. The molecule has 0 saturated heterocycles. The molecule has 0 saturated carbocycles. The van der Waals surface area contributed by atoms with E-state index < -0.39 is 0 Å². The number of hydrogen-bond donors (Lipinski definition) is 0. The van der Waals surface area contributed by atoms with Crippen LogP contribution in [0, 0.1) is 0 Å². The average Bonchev–Trinajstić information content (AvgIpc) is 3.23. The van der Waals surface area contributed by atoms with Gasteiger partial charge in [0.15, 0.2) is 5.13 Å². The molecule has 0 spiro atoms. The first-order valence-corrected chi connectivity index (χ1v) is 11.7. The van der Waals surface area contributed by atoms with Gasteiger partial charge < -0.3 is 9.47 Å². The summed E-state index contributed by atoms with van der Waals surface area (Å²) in [5.41, 5.74) is 1.64. The first kappa shape index (κ1) is 21.2. The second-order valence-corrected chi connectivity index (χ2v) is 8.65. The lowest BCUT2D eigenvalue weighted by Crippen LogP contribution is -2.27. The van der Waals surface area contributed by atoms with Gasteiger partial charge in [-0.1, -0.05) is 29.5 Å². The van der Waals surface area contributed by atoms with Gasteiger partial charge in [0.25, 0.3) is 0 Å². The predicted molar refractivity (Wildman–Crippen MR) is 128 cm³/mol. The van der Waals surface area contributed by atoms with E-state index in [1.54, 1.807) is 12.0 Å². The molecular formula is C24H22N2O3S2. The Hall–Kier alpha value is -3.03. The zero-order valence-electron chi connectivity index (χ0n) is 17.3. The van der Waals surface area contributed by atoms with Crippen LogP contribution in [0.15, 0.2) is 77.7 Å². The number of methoxy groups -OCH3 is 1. The zero-order chi connectivity index (χ0) is 21.6. The van der Waals surface area contributed by atoms with Crippen molar-refractivity contribution in [3.05, 3.63) is 72.8 Å². The summed E-state index contributed by atoms with van der Waals surface area (Å²) >= 11 is 2.98. The van der Waals surface area contributed by atoms with Crippen molar-refractivity contribution >= 4 is 50.0 Å². The smallest absolute Gasteiger partial charge is 0.243 e. The summed E-state index contributed by atoms with van der Waals surface area (Å²) in [6.07, 6.45) is 0. The number of benzene rings is 3. The molecule has 0 N–H and O–H groups in total. The van der Waals surface area contributed by atoms with Crippen LogP contribution in [0.4, 0.5) is 10.8 Å². The maximum absolute atomic E-state index is 13.4. The van der Waals surface area contributed by atoms with E-state index in [4.69, 9.17) is 14.5 Å². The topological polar surface area (TPSA) is 51.7 Å². The molecule has 0 aliphatic carbocycles. The fourth-order valence-corrected chi connectivity index (χ4v) is 4.87. The molecule has 0 unspecified atom stereocenters. The van der Waals surface area contributed by atoms with Gasteiger partial charge in [-0.25, -0.2) is 4.98 Å². The standard InChI is InChI=1S/C24H22N2O3S2/c1-3-29-18-13-11-17(12-14-18)26(24-25-21-9-4-5-10-22(21)31-24)23(27)16-30-20-8-6-7-19(15-20)28-2/h4-15H,3,16H2,1-2H3. The number of para-hydroxylation sites is 1. The van der Waals surface area contributed by atoms with Crippen molar-refractivity contribution in [3.63, 3.8) is 0 Å². The van der Waals surface area contributed by atoms with Gasteiger partial charge in [0, 0.05) is 4.90 Å². The zero-order valence-corrected chi connectivity index (χ0v) is 18.9. The third-order valence-electron chi connectivity index (χ3n) is 4.53. The number of carbonyl (C=O) groups is 1. The summed E-state index contributed by atoms with van der Waals surface area (Å²) in [7, 11) is 1.63. The molecule has 1 aromatic heterocycles. The third kappa shape index (κ3) is 5.00. The largest absolute Gasteiger partial charge is 0.497 e. The average molecular weight is 451 g/mol. The molecule has 7 heteroatoms. The van der Waals surface area contributed by atoms with E-state index in [1.165, 1.54) is 23.1 Å². The monoisotopic (exact) mass is 450 g/mol. The Balaban J connectivity index is 1.63. The van der Waals surface area contributed by atoms with E-state index in [0.717, 1.165) is 32.3 Å². The van der Waals surface area contributed by atoms with E-state index in [9.17, 15) is 4.79 Å². The molecule has 4 rings (SSSR count). The molecular weight excluding hydrogens is 428 g/mol. The summed E-state index contributed by atoms with van der Waals surface area (Å²) in [5, 5.41) is 0.654. The molecule has 5 nitrogen and oxygen atoms in total. The number of hydrogen-bond acceptors (Lipinski definition) is 6. The summed E-state index contributed by atoms with van der Waals surface area (Å²) in [4.78, 5) is 20.7. The van der Waals surface area contributed by atoms with Crippen molar-refractivity contribution in [1.29, 1.82) is 0 Å². The molecule has 3 aromatic carbocycles. The molecule has 0 aliphatic heterocycles. The second kappa shape index (κ2) is 9.85. The van der Waals surface area contributed by atoms with Gasteiger partial charge >= 0.3 is 0 Å². The molecule has 31 heavy (non-hydrogen) atoms. The second-order valence-electron chi connectivity index (χ2n) is 6.59. The summed E-state index contributed by atoms with van der Waals surface area (Å²) in [6, 6.07) is 23.2. The van der Waals surface area contributed by atoms with Crippen LogP contribution in [0.5, 0.6) is 11.5 Å². The lowest BCUT2D eigenvalue weighted by Gasteiger charge is -2.20. The van der Waals surface area contributed by atoms with Crippen molar-refractivity contribution in [2.24, 2.45) is 0 Å². The number of thiazole rings is 1. The molecule has 0 atom stereocenters. The fraction of sp³-hybridized carbons (Fsp3) is 0.167. The number of thioether (sulfide) groups is 1. The molecule has 0 radical (unpaired) electrons. The Morgan fingerprint density at radius 3 is 2.58 bits per heavy atom. The summed E-state index contributed by atoms with van der Waals surface area (Å²) in [6.45, 7) is 2.54. The normalized spacial score (nSPS) is 10.8. The van der Waals surface area contributed by atoms with Crippen molar-refractivity contribution in [1.82, 2.24) is 4.98 Å². The van der Waals surface area contributed by atoms with Gasteiger partial charge in [-0.3, -0.25) is 9.69 Å². The minimum Gasteiger partial charge on any atom is -0.497 e. The molecule has 158 valence electrons. The fourth-order valence-electron chi connectivity index (χ4n) is 3.08. The van der Waals surface area contributed by atoms with Crippen LogP contribution < -0.4 is 14.4 Å². The number of fused-ring (bicyclic) bond motifs is 1. The Labute approximate surface area is 189 Å². The molecule has 1 heterocycles. The van der Waals surface area contributed by atoms with Gasteiger partial charge in [0.05, 0.1) is 35.4 Å². The van der Waals surface area contributed by atoms with Crippen LogP contribution in [0.2, 0.25) is 0 Å². The maximum atomic E-state index is 13.4. The highest BCUT2D eigenvalue weighted by molar-refractivity contribution is 8.00. The van der Waals surface area contributed by atoms with Crippen LogP contribution in [0.1, 0.15) is 6.92 Å². The Kier molecular flexibility index (Phi) is 6.74. The summed E-state index contributed by atoms with van der Waals surface area (Å²) < 4.78 is 11.9. The van der Waals surface area contributed by atoms with E-state index >= 15 is 0 Å². The van der Waals surface area contributed by atoms with E-state index in [-0.39, 0.29) is 11.7 Å². The first-order valence-electron chi connectivity index (χ1n) is 9.86. The van der Waals surface area contributed by atoms with E-state index in [0.29, 0.717) is 11.7 Å². The van der Waals surface area contributed by atoms with Gasteiger partial charge in [-0.05, 0) is 61.5 Å². The number of carbonyl (C=O) groups excluding carboxylic acids is 1. The van der Waals surface area contributed by atoms with Crippen LogP contribution in [0.3, 0.4) is 0 Å². The lowest BCUT2D eigenvalue weighted by atomic mass is 10.3. The molecule has 0 aliphatic rings. The molecule has 4 aromatic rings. The van der Waals surface area contributed by atoms with Crippen molar-refractivity contribution in [2.75, 3.05) is 24.4 Å². The minimum atomic E-state index is -0.0453. The maximum Gasteiger partial charge on any atom is 0.243 e. The van der Waals surface area contributed by atoms with Gasteiger partial charge in [0.1, 0.15) is 11.5 Å². The first-order chi connectivity index (χ1) is 15.2. The number of aromatic nitrogens is 1. The number of anilines is 2. The van der Waals surface area contributed by atoms with Crippen LogP contribution >= 0.6 is 23.1 Å². The van der Waals surface area contributed by atoms with Gasteiger partial charge in [0.2, 0.25) is 5.91 Å². The SMILES string of the molecule is CCOc1ccc(N(C(=O)CSc2cccc(OC)c2)c2nc3ccccc3s2)cc1. The number of rotatable bonds is 8. The van der Waals surface area contributed by atoms with Crippen molar-refractivity contribution in [2.45, 2.75) is 11.8 Å². The Bertz CT molecular complexity index is 1140. The van der Waals surface area contributed by atoms with Crippen molar-refractivity contribution < 1.29 is 14.3 Å². The molecule has 0 bridgehead atoms. The van der Waals surface area contributed by atoms with E-state index in [1.807, 2.05) is 79.7 Å². The number of ether oxygens (including phenoxy) is 2. The van der Waals surface area contributed by atoms with E-state index in [2.05, 4.69) is 0 Å². The third-order valence-corrected chi connectivity index (χ3v) is 6.53. The van der Waals surface area contributed by atoms with Gasteiger partial charge in [-0.2, -0.15) is 0 Å². The Morgan fingerprint density at radius 2 is 1.84 bits per heavy atom. The highest BCUT2D eigenvalue weighted by Gasteiger charge is 2.22. The quantitative estimate of drug-likeness (QED) is 0.301. The van der Waals surface area contributed by atoms with Crippen LogP contribution in [-0.4, -0.2) is 30.4 Å². The minimum absolute atomic E-state index is 0.0453. The highest BCUT2D eigenvalue weighted by atomic mass is 32.2.